The van der Waals surface area contributed by atoms with Gasteiger partial charge in [-0.1, -0.05) is 13.8 Å². The minimum atomic E-state index is -1.18. The molecule has 0 saturated heterocycles. The molecule has 7 heteroatoms. The number of halogens is 2. The van der Waals surface area contributed by atoms with Crippen LogP contribution in [0, 0.1) is 17.6 Å². The largest absolute Gasteiger partial charge is 0.454 e. The molecule has 2 aromatic carbocycles. The molecule has 0 radical (unpaired) electrons. The maximum atomic E-state index is 13.1. The zero-order chi connectivity index (χ0) is 20.0. The second-order valence-electron chi connectivity index (χ2n) is 6.35. The van der Waals surface area contributed by atoms with Crippen LogP contribution in [-0.4, -0.2) is 24.3 Å². The summed E-state index contributed by atoms with van der Waals surface area (Å²) in [5, 5.41) is 2.72. The number of esters is 1. The van der Waals surface area contributed by atoms with E-state index in [0.29, 0.717) is 18.2 Å². The first-order chi connectivity index (χ1) is 12.8. The van der Waals surface area contributed by atoms with E-state index in [1.807, 2.05) is 13.8 Å². The van der Waals surface area contributed by atoms with Crippen molar-refractivity contribution in [3.63, 3.8) is 0 Å². The highest BCUT2D eigenvalue weighted by molar-refractivity contribution is 6.00. The summed E-state index contributed by atoms with van der Waals surface area (Å²) in [6.45, 7) is 3.32. The van der Waals surface area contributed by atoms with Gasteiger partial charge in [-0.3, -0.25) is 9.59 Å². The molecule has 5 nitrogen and oxygen atoms in total. The molecular weight excluding hydrogens is 356 g/mol. The van der Waals surface area contributed by atoms with Gasteiger partial charge in [-0.25, -0.2) is 13.6 Å². The second-order valence-corrected chi connectivity index (χ2v) is 6.35. The third-order valence-corrected chi connectivity index (χ3v) is 3.57. The Hall–Kier alpha value is -3.09. The van der Waals surface area contributed by atoms with Crippen molar-refractivity contribution in [1.29, 1.82) is 0 Å². The molecule has 0 spiro atoms. The number of hydrogen-bond acceptors (Lipinski definition) is 4. The van der Waals surface area contributed by atoms with E-state index in [0.717, 1.165) is 12.1 Å². The first kappa shape index (κ1) is 20.2. The van der Waals surface area contributed by atoms with E-state index < -0.39 is 30.0 Å². The SMILES string of the molecule is CC(C)CC(=O)Nc1ccc(C(=O)COC(=O)c2ccc(F)c(F)c2)cc1. The zero-order valence-electron chi connectivity index (χ0n) is 14.9. The topological polar surface area (TPSA) is 72.5 Å². The van der Waals surface area contributed by atoms with E-state index in [1.165, 1.54) is 12.1 Å². The van der Waals surface area contributed by atoms with Crippen molar-refractivity contribution in [1.82, 2.24) is 0 Å². The summed E-state index contributed by atoms with van der Waals surface area (Å²) < 4.78 is 30.8. The predicted molar refractivity (Wildman–Crippen MR) is 95.5 cm³/mol. The maximum Gasteiger partial charge on any atom is 0.338 e. The van der Waals surface area contributed by atoms with Gasteiger partial charge in [0.05, 0.1) is 5.56 Å². The highest BCUT2D eigenvalue weighted by Crippen LogP contribution is 2.13. The van der Waals surface area contributed by atoms with Gasteiger partial charge in [0.15, 0.2) is 24.0 Å². The van der Waals surface area contributed by atoms with Crippen LogP contribution in [0.4, 0.5) is 14.5 Å². The van der Waals surface area contributed by atoms with Crippen LogP contribution in [0.25, 0.3) is 0 Å². The average Bonchev–Trinajstić information content (AvgIpc) is 2.61. The Morgan fingerprint density at radius 2 is 1.59 bits per heavy atom. The summed E-state index contributed by atoms with van der Waals surface area (Å²) in [7, 11) is 0. The minimum absolute atomic E-state index is 0.121. The number of anilines is 1. The van der Waals surface area contributed by atoms with Gasteiger partial charge in [0.1, 0.15) is 0 Å². The lowest BCUT2D eigenvalue weighted by molar-refractivity contribution is -0.116. The molecule has 142 valence electrons. The van der Waals surface area contributed by atoms with E-state index in [9.17, 15) is 23.2 Å². The number of nitrogens with one attached hydrogen (secondary N) is 1. The van der Waals surface area contributed by atoms with Gasteiger partial charge in [-0.15, -0.1) is 0 Å². The molecule has 0 aliphatic carbocycles. The molecule has 2 rings (SSSR count). The van der Waals surface area contributed by atoms with Gasteiger partial charge in [-0.05, 0) is 48.4 Å². The number of benzene rings is 2. The molecule has 1 amide bonds. The normalized spacial score (nSPS) is 10.6. The highest BCUT2D eigenvalue weighted by atomic mass is 19.2. The van der Waals surface area contributed by atoms with E-state index in [4.69, 9.17) is 4.74 Å². The summed E-state index contributed by atoms with van der Waals surface area (Å²) in [6.07, 6.45) is 0.389. The third kappa shape index (κ3) is 5.99. The molecule has 0 aliphatic heterocycles. The molecule has 0 aromatic heterocycles. The van der Waals surface area contributed by atoms with Crippen LogP contribution in [0.3, 0.4) is 0 Å². The quantitative estimate of drug-likeness (QED) is 0.587. The molecule has 0 bridgehead atoms. The Bertz CT molecular complexity index is 848. The summed E-state index contributed by atoms with van der Waals surface area (Å²) in [4.78, 5) is 35.6. The Kier molecular flexibility index (Phi) is 6.76. The Morgan fingerprint density at radius 1 is 0.963 bits per heavy atom. The molecule has 0 unspecified atom stereocenters. The van der Waals surface area contributed by atoms with E-state index in [2.05, 4.69) is 5.32 Å². The number of carbonyl (C=O) groups excluding carboxylic acids is 3. The van der Waals surface area contributed by atoms with Crippen molar-refractivity contribution in [3.8, 4) is 0 Å². The van der Waals surface area contributed by atoms with Crippen molar-refractivity contribution in [3.05, 3.63) is 65.2 Å². The van der Waals surface area contributed by atoms with Crippen molar-refractivity contribution < 1.29 is 27.9 Å². The maximum absolute atomic E-state index is 13.1. The van der Waals surface area contributed by atoms with Gasteiger partial charge in [0.25, 0.3) is 0 Å². The minimum Gasteiger partial charge on any atom is -0.454 e. The van der Waals surface area contributed by atoms with Crippen LogP contribution >= 0.6 is 0 Å². The summed E-state index contributed by atoms with van der Waals surface area (Å²) in [5.41, 5.74) is 0.649. The number of amides is 1. The fourth-order valence-electron chi connectivity index (χ4n) is 2.24. The number of Topliss-reactive ketones (excluding diaryl/α,β-unsaturated/α-hetero) is 1. The molecule has 0 atom stereocenters. The summed E-state index contributed by atoms with van der Waals surface area (Å²) in [6, 6.07) is 8.72. The fourth-order valence-corrected chi connectivity index (χ4v) is 2.24. The lowest BCUT2D eigenvalue weighted by Gasteiger charge is -2.08. The molecule has 0 aliphatic rings. The first-order valence-corrected chi connectivity index (χ1v) is 8.31. The summed E-state index contributed by atoms with van der Waals surface area (Å²) in [5.74, 6) is -3.54. The lowest BCUT2D eigenvalue weighted by atomic mass is 10.1. The van der Waals surface area contributed by atoms with E-state index in [-0.39, 0.29) is 23.0 Å². The Morgan fingerprint density at radius 3 is 2.19 bits per heavy atom. The van der Waals surface area contributed by atoms with Gasteiger partial charge in [0.2, 0.25) is 5.91 Å². The average molecular weight is 375 g/mol. The number of ether oxygens (including phenoxy) is 1. The van der Waals surface area contributed by atoms with Crippen LogP contribution < -0.4 is 5.32 Å². The standard InChI is InChI=1S/C20H19F2NO4/c1-12(2)9-19(25)23-15-6-3-13(4-7-15)18(24)11-27-20(26)14-5-8-16(21)17(22)10-14/h3-8,10,12H,9,11H2,1-2H3,(H,23,25). The predicted octanol–water partition coefficient (Wildman–Crippen LogP) is 3.99. The van der Waals surface area contributed by atoms with Crippen molar-refractivity contribution in [2.75, 3.05) is 11.9 Å². The smallest absolute Gasteiger partial charge is 0.338 e. The zero-order valence-corrected chi connectivity index (χ0v) is 14.9. The number of ketones is 1. The third-order valence-electron chi connectivity index (χ3n) is 3.57. The molecule has 0 fully saturated rings. The van der Waals surface area contributed by atoms with Crippen LogP contribution in [0.2, 0.25) is 0 Å². The number of rotatable bonds is 7. The van der Waals surface area contributed by atoms with Crippen molar-refractivity contribution >= 4 is 23.3 Å². The van der Waals surface area contributed by atoms with Gasteiger partial charge in [0, 0.05) is 17.7 Å². The van der Waals surface area contributed by atoms with Crippen molar-refractivity contribution in [2.45, 2.75) is 20.3 Å². The molecule has 27 heavy (non-hydrogen) atoms. The van der Waals surface area contributed by atoms with Crippen LogP contribution in [-0.2, 0) is 9.53 Å². The summed E-state index contributed by atoms with van der Waals surface area (Å²) >= 11 is 0. The van der Waals surface area contributed by atoms with Gasteiger partial charge < -0.3 is 10.1 Å². The van der Waals surface area contributed by atoms with Gasteiger partial charge >= 0.3 is 5.97 Å². The van der Waals surface area contributed by atoms with Crippen molar-refractivity contribution in [2.24, 2.45) is 5.92 Å². The van der Waals surface area contributed by atoms with E-state index >= 15 is 0 Å². The van der Waals surface area contributed by atoms with Crippen LogP contribution in [0.1, 0.15) is 41.0 Å². The highest BCUT2D eigenvalue weighted by Gasteiger charge is 2.14. The Balaban J connectivity index is 1.91. The van der Waals surface area contributed by atoms with Crippen LogP contribution in [0.15, 0.2) is 42.5 Å². The number of carbonyl (C=O) groups is 3. The first-order valence-electron chi connectivity index (χ1n) is 8.31. The second kappa shape index (κ2) is 9.02. The van der Waals surface area contributed by atoms with E-state index in [1.54, 1.807) is 12.1 Å². The van der Waals surface area contributed by atoms with Crippen LogP contribution in [0.5, 0.6) is 0 Å². The fraction of sp³-hybridized carbons (Fsp3) is 0.250. The molecule has 0 heterocycles. The number of hydrogen-bond donors (Lipinski definition) is 1. The monoisotopic (exact) mass is 375 g/mol. The molecular formula is C20H19F2NO4. The molecule has 0 saturated carbocycles. The Labute approximate surface area is 155 Å². The van der Waals surface area contributed by atoms with Gasteiger partial charge in [-0.2, -0.15) is 0 Å². The molecule has 2 aromatic rings. The molecule has 1 N–H and O–H groups in total. The lowest BCUT2D eigenvalue weighted by Crippen LogP contribution is -2.15.